The Morgan fingerprint density at radius 3 is 2.32 bits per heavy atom. The average molecular weight is 423 g/mol. The Morgan fingerprint density at radius 1 is 1.11 bits per heavy atom. The van der Waals surface area contributed by atoms with Crippen LogP contribution >= 0.6 is 22.7 Å². The van der Waals surface area contributed by atoms with E-state index < -0.39 is 0 Å². The second kappa shape index (κ2) is 9.22. The van der Waals surface area contributed by atoms with Crippen molar-refractivity contribution in [1.29, 1.82) is 0 Å². The van der Waals surface area contributed by atoms with Gasteiger partial charge in [-0.05, 0) is 32.3 Å². The van der Waals surface area contributed by atoms with Crippen molar-refractivity contribution in [3.8, 4) is 0 Å². The van der Waals surface area contributed by atoms with Gasteiger partial charge in [-0.15, -0.1) is 11.3 Å². The van der Waals surface area contributed by atoms with Gasteiger partial charge in [0, 0.05) is 45.7 Å². The molecule has 2 aromatic rings. The number of aromatic nitrogens is 1. The van der Waals surface area contributed by atoms with Gasteiger partial charge in [0.1, 0.15) is 4.83 Å². The van der Waals surface area contributed by atoms with Crippen molar-refractivity contribution in [2.75, 3.05) is 44.2 Å². The molecule has 1 fully saturated rings. The number of fused-ring (bicyclic) bond motifs is 1. The molecule has 0 radical (unpaired) electrons. The standard InChI is InChI=1S/C20H30N4O2S2/c1-5-22(6-2)20-21-18-15(28-20)13-16(27-18)19(26)24-11-9-23(10-12-24)17(25)8-7-14(3)4/h13-14H,5-12H2,1-4H3. The molecule has 8 heteroatoms. The molecule has 0 aromatic carbocycles. The molecule has 0 N–H and O–H groups in total. The zero-order chi connectivity index (χ0) is 20.3. The molecule has 1 aliphatic heterocycles. The van der Waals surface area contributed by atoms with Gasteiger partial charge in [0.15, 0.2) is 5.13 Å². The normalized spacial score (nSPS) is 14.9. The number of hydrogen-bond donors (Lipinski definition) is 0. The Morgan fingerprint density at radius 2 is 1.75 bits per heavy atom. The van der Waals surface area contributed by atoms with Gasteiger partial charge in [-0.2, -0.15) is 0 Å². The molecular weight excluding hydrogens is 392 g/mol. The van der Waals surface area contributed by atoms with E-state index in [9.17, 15) is 9.59 Å². The Labute approximate surface area is 175 Å². The van der Waals surface area contributed by atoms with Crippen molar-refractivity contribution in [3.05, 3.63) is 10.9 Å². The lowest BCUT2D eigenvalue weighted by Crippen LogP contribution is -2.50. The maximum Gasteiger partial charge on any atom is 0.264 e. The molecule has 3 rings (SSSR count). The van der Waals surface area contributed by atoms with Gasteiger partial charge in [0.2, 0.25) is 5.91 Å². The quantitative estimate of drug-likeness (QED) is 0.678. The van der Waals surface area contributed by atoms with Crippen molar-refractivity contribution >= 4 is 49.1 Å². The monoisotopic (exact) mass is 422 g/mol. The summed E-state index contributed by atoms with van der Waals surface area (Å²) in [6, 6.07) is 1.98. The highest BCUT2D eigenvalue weighted by molar-refractivity contribution is 7.29. The number of amides is 2. The van der Waals surface area contributed by atoms with Crippen LogP contribution in [0.1, 0.15) is 50.2 Å². The fourth-order valence-corrected chi connectivity index (χ4v) is 5.65. The first kappa shape index (κ1) is 21.0. The van der Waals surface area contributed by atoms with Gasteiger partial charge in [0.05, 0.1) is 9.58 Å². The minimum atomic E-state index is 0.0638. The molecule has 6 nitrogen and oxygen atoms in total. The third-order valence-corrected chi connectivity index (χ3v) is 7.39. The summed E-state index contributed by atoms with van der Waals surface area (Å²) in [5.74, 6) is 0.815. The molecular formula is C20H30N4O2S2. The molecule has 2 aromatic heterocycles. The summed E-state index contributed by atoms with van der Waals surface area (Å²) in [5, 5.41) is 1.03. The van der Waals surface area contributed by atoms with Crippen molar-refractivity contribution in [2.45, 2.75) is 40.5 Å². The summed E-state index contributed by atoms with van der Waals surface area (Å²) >= 11 is 3.13. The number of carbonyl (C=O) groups is 2. The highest BCUT2D eigenvalue weighted by Crippen LogP contribution is 2.35. The minimum Gasteiger partial charge on any atom is -0.349 e. The van der Waals surface area contributed by atoms with E-state index in [1.807, 2.05) is 15.9 Å². The fourth-order valence-electron chi connectivity index (χ4n) is 3.34. The molecule has 0 atom stereocenters. The topological polar surface area (TPSA) is 56.8 Å². The van der Waals surface area contributed by atoms with Gasteiger partial charge in [-0.1, -0.05) is 25.2 Å². The molecule has 0 unspecified atom stereocenters. The van der Waals surface area contributed by atoms with Gasteiger partial charge < -0.3 is 14.7 Å². The Bertz CT molecular complexity index is 786. The zero-order valence-electron chi connectivity index (χ0n) is 17.2. The lowest BCUT2D eigenvalue weighted by Gasteiger charge is -2.34. The van der Waals surface area contributed by atoms with E-state index in [4.69, 9.17) is 4.98 Å². The summed E-state index contributed by atoms with van der Waals surface area (Å²) in [6.07, 6.45) is 1.53. The fraction of sp³-hybridized carbons (Fsp3) is 0.650. The number of thiophene rings is 1. The maximum atomic E-state index is 12.9. The van der Waals surface area contributed by atoms with Crippen molar-refractivity contribution in [1.82, 2.24) is 14.8 Å². The van der Waals surface area contributed by atoms with E-state index in [-0.39, 0.29) is 11.8 Å². The van der Waals surface area contributed by atoms with Gasteiger partial charge in [-0.3, -0.25) is 9.59 Å². The summed E-state index contributed by atoms with van der Waals surface area (Å²) in [5.41, 5.74) is 0. The lowest BCUT2D eigenvalue weighted by atomic mass is 10.1. The van der Waals surface area contributed by atoms with Crippen LogP contribution in [0.2, 0.25) is 0 Å². The second-order valence-corrected chi connectivity index (χ2v) is 9.59. The van der Waals surface area contributed by atoms with Crippen LogP contribution in [0.25, 0.3) is 9.53 Å². The highest BCUT2D eigenvalue weighted by Gasteiger charge is 2.26. The van der Waals surface area contributed by atoms with Crippen LogP contribution in [0, 0.1) is 5.92 Å². The van der Waals surface area contributed by atoms with Crippen LogP contribution in [0.3, 0.4) is 0 Å². The van der Waals surface area contributed by atoms with Crippen LogP contribution in [0.4, 0.5) is 5.13 Å². The third kappa shape index (κ3) is 4.66. The Kier molecular flexibility index (Phi) is 6.93. The van der Waals surface area contributed by atoms with Crippen LogP contribution < -0.4 is 4.90 Å². The number of piperazine rings is 1. The number of anilines is 1. The van der Waals surface area contributed by atoms with Crippen LogP contribution in [0.5, 0.6) is 0 Å². The Hall–Kier alpha value is -1.67. The molecule has 28 heavy (non-hydrogen) atoms. The predicted octanol–water partition coefficient (Wildman–Crippen LogP) is 3.92. The average Bonchev–Trinajstić information content (AvgIpc) is 3.26. The second-order valence-electron chi connectivity index (χ2n) is 7.55. The number of thiazole rings is 1. The van der Waals surface area contributed by atoms with Crippen molar-refractivity contribution in [2.24, 2.45) is 5.92 Å². The molecule has 2 amide bonds. The number of hydrogen-bond acceptors (Lipinski definition) is 6. The van der Waals surface area contributed by atoms with E-state index in [1.54, 1.807) is 11.3 Å². The molecule has 0 aliphatic carbocycles. The van der Waals surface area contributed by atoms with E-state index in [0.717, 1.165) is 39.0 Å². The molecule has 3 heterocycles. The van der Waals surface area contributed by atoms with Crippen molar-refractivity contribution < 1.29 is 9.59 Å². The number of carbonyl (C=O) groups excluding carboxylic acids is 2. The minimum absolute atomic E-state index is 0.0638. The van der Waals surface area contributed by atoms with E-state index >= 15 is 0 Å². The maximum absolute atomic E-state index is 12.9. The molecule has 0 spiro atoms. The van der Waals surface area contributed by atoms with E-state index in [1.165, 1.54) is 11.3 Å². The third-order valence-electron chi connectivity index (χ3n) is 5.18. The molecule has 154 valence electrons. The summed E-state index contributed by atoms with van der Waals surface area (Å²) in [7, 11) is 0. The largest absolute Gasteiger partial charge is 0.349 e. The lowest BCUT2D eigenvalue weighted by molar-refractivity contribution is -0.132. The summed E-state index contributed by atoms with van der Waals surface area (Å²) < 4.78 is 1.08. The summed E-state index contributed by atoms with van der Waals surface area (Å²) in [6.45, 7) is 12.9. The number of rotatable bonds is 7. The zero-order valence-corrected chi connectivity index (χ0v) is 18.9. The Balaban J connectivity index is 1.59. The number of nitrogens with zero attached hydrogens (tertiary/aromatic N) is 4. The molecule has 1 aliphatic rings. The first-order valence-electron chi connectivity index (χ1n) is 10.1. The SMILES string of the molecule is CCN(CC)c1nc2sc(C(=O)N3CCN(C(=O)CCC(C)C)CC3)cc2s1. The molecule has 0 saturated carbocycles. The first-order valence-corrected chi connectivity index (χ1v) is 11.8. The highest BCUT2D eigenvalue weighted by atomic mass is 32.1. The van der Waals surface area contributed by atoms with Crippen LogP contribution in [-0.4, -0.2) is 65.9 Å². The van der Waals surface area contributed by atoms with E-state index in [0.29, 0.717) is 38.5 Å². The van der Waals surface area contributed by atoms with Crippen molar-refractivity contribution in [3.63, 3.8) is 0 Å². The predicted molar refractivity (Wildman–Crippen MR) is 118 cm³/mol. The molecule has 0 bridgehead atoms. The molecule has 1 saturated heterocycles. The first-order chi connectivity index (χ1) is 13.4. The van der Waals surface area contributed by atoms with Gasteiger partial charge in [-0.25, -0.2) is 4.98 Å². The van der Waals surface area contributed by atoms with Gasteiger partial charge >= 0.3 is 0 Å². The van der Waals surface area contributed by atoms with E-state index in [2.05, 4.69) is 32.6 Å². The van der Waals surface area contributed by atoms with Crippen LogP contribution in [-0.2, 0) is 4.79 Å². The summed E-state index contributed by atoms with van der Waals surface area (Å²) in [4.78, 5) is 37.6. The smallest absolute Gasteiger partial charge is 0.264 e. The van der Waals surface area contributed by atoms with Crippen LogP contribution in [0.15, 0.2) is 6.07 Å². The van der Waals surface area contributed by atoms with Gasteiger partial charge in [0.25, 0.3) is 5.91 Å².